The highest BCUT2D eigenvalue weighted by atomic mass is 16.6. The van der Waals surface area contributed by atoms with Gasteiger partial charge in [-0.3, -0.25) is 9.79 Å². The molecule has 2 atom stereocenters. The number of hydrogen-bond donors (Lipinski definition) is 2. The van der Waals surface area contributed by atoms with E-state index in [1.54, 1.807) is 4.90 Å². The van der Waals surface area contributed by atoms with Gasteiger partial charge in [-0.25, -0.2) is 4.79 Å². The first-order valence-electron chi connectivity index (χ1n) is 11.1. The first-order chi connectivity index (χ1) is 14.8. The third-order valence-corrected chi connectivity index (χ3v) is 5.44. The molecule has 1 aromatic carbocycles. The molecule has 2 amide bonds. The minimum absolute atomic E-state index is 0.0805. The zero-order chi connectivity index (χ0) is 22.3. The van der Waals surface area contributed by atoms with E-state index in [1.807, 2.05) is 33.2 Å². The van der Waals surface area contributed by atoms with Gasteiger partial charge < -0.3 is 25.2 Å². The average molecular weight is 430 g/mol. The van der Waals surface area contributed by atoms with E-state index in [9.17, 15) is 9.59 Å². The number of rotatable bonds is 7. The lowest BCUT2D eigenvalue weighted by atomic mass is 10.1. The van der Waals surface area contributed by atoms with Gasteiger partial charge >= 0.3 is 6.09 Å². The van der Waals surface area contributed by atoms with Crippen LogP contribution in [0.5, 0.6) is 0 Å². The molecule has 2 heterocycles. The molecule has 0 spiro atoms. The summed E-state index contributed by atoms with van der Waals surface area (Å²) < 4.78 is 5.43. The number of carbonyl (C=O) groups is 2. The van der Waals surface area contributed by atoms with E-state index in [1.165, 1.54) is 5.56 Å². The van der Waals surface area contributed by atoms with Crippen molar-refractivity contribution in [2.24, 2.45) is 4.99 Å². The van der Waals surface area contributed by atoms with Crippen molar-refractivity contribution in [1.82, 2.24) is 20.4 Å². The Morgan fingerprint density at radius 1 is 1.26 bits per heavy atom. The number of ether oxygens (including phenoxy) is 1. The fraction of sp³-hybridized carbons (Fsp3) is 0.609. The lowest BCUT2D eigenvalue weighted by Crippen LogP contribution is -2.59. The lowest BCUT2D eigenvalue weighted by molar-refractivity contribution is -0.124. The summed E-state index contributed by atoms with van der Waals surface area (Å²) in [6, 6.07) is 10.3. The summed E-state index contributed by atoms with van der Waals surface area (Å²) in [6.07, 6.45) is 3.37. The Hall–Kier alpha value is -2.61. The van der Waals surface area contributed by atoms with Crippen LogP contribution in [0, 0.1) is 0 Å². The van der Waals surface area contributed by atoms with Gasteiger partial charge in [-0.2, -0.15) is 0 Å². The third-order valence-electron chi connectivity index (χ3n) is 5.44. The first kappa shape index (κ1) is 23.1. The molecular weight excluding hydrogens is 394 g/mol. The quantitative estimate of drug-likeness (QED) is 0.689. The number of nitrogens with one attached hydrogen (secondary N) is 2. The zero-order valence-electron chi connectivity index (χ0n) is 18.8. The molecule has 1 aromatic rings. The van der Waals surface area contributed by atoms with Crippen LogP contribution in [0.1, 0.15) is 32.8 Å². The van der Waals surface area contributed by atoms with E-state index < -0.39 is 11.6 Å². The van der Waals surface area contributed by atoms with Crippen molar-refractivity contribution in [2.75, 3.05) is 39.3 Å². The molecule has 3 rings (SSSR count). The van der Waals surface area contributed by atoms with Gasteiger partial charge in [0.1, 0.15) is 11.6 Å². The van der Waals surface area contributed by atoms with E-state index in [0.717, 1.165) is 25.9 Å². The number of aliphatic imine (C=N–C) groups is 1. The molecule has 170 valence electrons. The largest absolute Gasteiger partial charge is 0.444 e. The normalized spacial score (nSPS) is 21.3. The Labute approximate surface area is 185 Å². The van der Waals surface area contributed by atoms with Crippen LogP contribution in [0.25, 0.3) is 0 Å². The average Bonchev–Trinajstić information content (AvgIpc) is 3.19. The van der Waals surface area contributed by atoms with Crippen LogP contribution < -0.4 is 10.6 Å². The van der Waals surface area contributed by atoms with E-state index in [2.05, 4.69) is 44.8 Å². The summed E-state index contributed by atoms with van der Waals surface area (Å²) in [5.41, 5.74) is 0.767. The molecule has 0 bridgehead atoms. The summed E-state index contributed by atoms with van der Waals surface area (Å²) in [7, 11) is 0. The molecule has 0 aromatic heterocycles. The minimum Gasteiger partial charge on any atom is -0.444 e. The summed E-state index contributed by atoms with van der Waals surface area (Å²) in [4.78, 5) is 33.2. The van der Waals surface area contributed by atoms with Crippen LogP contribution in [-0.4, -0.2) is 85.1 Å². The van der Waals surface area contributed by atoms with E-state index >= 15 is 0 Å². The molecule has 0 radical (unpaired) electrons. The second kappa shape index (κ2) is 10.6. The molecule has 2 N–H and O–H groups in total. The molecule has 0 aliphatic carbocycles. The summed E-state index contributed by atoms with van der Waals surface area (Å²) >= 11 is 0. The second-order valence-corrected chi connectivity index (χ2v) is 9.12. The summed E-state index contributed by atoms with van der Waals surface area (Å²) in [6.45, 7) is 9.21. The standard InChI is InChI=1S/C23H35N5O3/c1-23(2,3)31-22(30)27-14-12-25-20(16-27)21(29)26-11-9-19-15-24-17-28(19)13-10-18-7-5-4-6-8-18/h4-8,17,19-20,25H,9-16H2,1-3H3,(H,26,29)/t19?,20-/m1/s1. The van der Waals surface area contributed by atoms with E-state index in [4.69, 9.17) is 4.74 Å². The van der Waals surface area contributed by atoms with Crippen molar-refractivity contribution >= 4 is 18.3 Å². The number of nitrogens with zero attached hydrogens (tertiary/aromatic N) is 3. The number of piperazine rings is 1. The maximum absolute atomic E-state index is 12.6. The Morgan fingerprint density at radius 3 is 2.77 bits per heavy atom. The molecule has 31 heavy (non-hydrogen) atoms. The fourth-order valence-corrected chi connectivity index (χ4v) is 3.78. The molecule has 1 fully saturated rings. The maximum atomic E-state index is 12.6. The maximum Gasteiger partial charge on any atom is 0.410 e. The number of benzene rings is 1. The highest BCUT2D eigenvalue weighted by Gasteiger charge is 2.30. The van der Waals surface area contributed by atoms with Crippen molar-refractivity contribution in [3.05, 3.63) is 35.9 Å². The Bertz CT molecular complexity index is 762. The highest BCUT2D eigenvalue weighted by Crippen LogP contribution is 2.13. The Balaban J connectivity index is 1.39. The molecule has 1 unspecified atom stereocenters. The first-order valence-corrected chi connectivity index (χ1v) is 11.1. The molecule has 1 saturated heterocycles. The van der Waals surface area contributed by atoms with Gasteiger partial charge in [0.25, 0.3) is 0 Å². The van der Waals surface area contributed by atoms with Crippen LogP contribution >= 0.6 is 0 Å². The molecule has 2 aliphatic heterocycles. The summed E-state index contributed by atoms with van der Waals surface area (Å²) in [5, 5.41) is 6.21. The van der Waals surface area contributed by atoms with E-state index in [0.29, 0.717) is 32.2 Å². The van der Waals surface area contributed by atoms with Crippen molar-refractivity contribution in [2.45, 2.75) is 51.3 Å². The van der Waals surface area contributed by atoms with Crippen molar-refractivity contribution in [3.8, 4) is 0 Å². The van der Waals surface area contributed by atoms with Crippen molar-refractivity contribution < 1.29 is 14.3 Å². The molecule has 0 saturated carbocycles. The lowest BCUT2D eigenvalue weighted by Gasteiger charge is -2.34. The molecule has 2 aliphatic rings. The SMILES string of the molecule is CC(C)(C)OC(=O)N1CCN[C@@H](C(=O)NCCC2CN=CN2CCc2ccccc2)C1. The van der Waals surface area contributed by atoms with Gasteiger partial charge in [0, 0.05) is 32.7 Å². The van der Waals surface area contributed by atoms with Gasteiger partial charge in [0.15, 0.2) is 0 Å². The van der Waals surface area contributed by atoms with Crippen LogP contribution in [0.3, 0.4) is 0 Å². The Morgan fingerprint density at radius 2 is 2.03 bits per heavy atom. The molecular formula is C23H35N5O3. The van der Waals surface area contributed by atoms with Gasteiger partial charge in [0.05, 0.1) is 18.9 Å². The predicted octanol–water partition coefficient (Wildman–Crippen LogP) is 1.66. The number of carbonyl (C=O) groups excluding carboxylic acids is 2. The van der Waals surface area contributed by atoms with Gasteiger partial charge in [-0.1, -0.05) is 30.3 Å². The molecule has 8 heteroatoms. The monoisotopic (exact) mass is 429 g/mol. The summed E-state index contributed by atoms with van der Waals surface area (Å²) in [5.74, 6) is -0.0805. The minimum atomic E-state index is -0.546. The third kappa shape index (κ3) is 7.24. The van der Waals surface area contributed by atoms with Crippen LogP contribution in [0.2, 0.25) is 0 Å². The zero-order valence-corrected chi connectivity index (χ0v) is 18.8. The Kier molecular flexibility index (Phi) is 7.90. The van der Waals surface area contributed by atoms with Crippen molar-refractivity contribution in [3.63, 3.8) is 0 Å². The molecule has 8 nitrogen and oxygen atoms in total. The highest BCUT2D eigenvalue weighted by molar-refractivity contribution is 5.83. The predicted molar refractivity (Wildman–Crippen MR) is 121 cm³/mol. The number of hydrogen-bond acceptors (Lipinski definition) is 6. The van der Waals surface area contributed by atoms with Gasteiger partial charge in [-0.15, -0.1) is 0 Å². The number of amides is 2. The van der Waals surface area contributed by atoms with Gasteiger partial charge in [0.2, 0.25) is 5.91 Å². The van der Waals surface area contributed by atoms with E-state index in [-0.39, 0.29) is 12.0 Å². The fourth-order valence-electron chi connectivity index (χ4n) is 3.78. The van der Waals surface area contributed by atoms with Crippen molar-refractivity contribution in [1.29, 1.82) is 0 Å². The smallest absolute Gasteiger partial charge is 0.410 e. The second-order valence-electron chi connectivity index (χ2n) is 9.12. The van der Waals surface area contributed by atoms with Gasteiger partial charge in [-0.05, 0) is 39.2 Å². The van der Waals surface area contributed by atoms with Crippen LogP contribution in [0.4, 0.5) is 4.79 Å². The van der Waals surface area contributed by atoms with Crippen LogP contribution in [0.15, 0.2) is 35.3 Å². The van der Waals surface area contributed by atoms with Crippen LogP contribution in [-0.2, 0) is 16.0 Å². The topological polar surface area (TPSA) is 86.3 Å².